The Morgan fingerprint density at radius 2 is 1.29 bits per heavy atom. The van der Waals surface area contributed by atoms with Gasteiger partial charge in [0, 0.05) is 39.4 Å². The third-order valence-corrected chi connectivity index (χ3v) is 9.64. The Labute approximate surface area is 296 Å². The van der Waals surface area contributed by atoms with Crippen molar-refractivity contribution in [2.75, 3.05) is 0 Å². The topological polar surface area (TPSA) is 70.1 Å². The zero-order valence-corrected chi connectivity index (χ0v) is 29.2. The molecular weight excluding hydrogens is 629 g/mol. The summed E-state index contributed by atoms with van der Waals surface area (Å²) in [6.45, 7) is 9.08. The number of benzene rings is 4. The van der Waals surface area contributed by atoms with Gasteiger partial charge in [-0.1, -0.05) is 88.4 Å². The number of fused-ring (bicyclic) bond motifs is 9. The van der Waals surface area contributed by atoms with Crippen LogP contribution in [0.2, 0.25) is 0 Å². The lowest BCUT2D eigenvalue weighted by molar-refractivity contribution is 0.482. The van der Waals surface area contributed by atoms with E-state index in [1.165, 1.54) is 22.1 Å². The van der Waals surface area contributed by atoms with Crippen LogP contribution in [0.15, 0.2) is 122 Å². The Bertz CT molecular complexity index is 2710. The fourth-order valence-electron chi connectivity index (χ4n) is 7.65. The molecule has 5 heterocycles. The Morgan fingerprint density at radius 1 is 0.588 bits per heavy atom. The molecule has 250 valence electrons. The maximum atomic E-state index is 6.61. The molecule has 0 spiro atoms. The SMILES string of the molecule is CC(C)Cc1cccc(CC(C)C)c1-c1nnc2c3cc(Oc4ccc5c6ccccc6n(-c6ccccn6)c5c4)cnc3c3ccccc3n12. The van der Waals surface area contributed by atoms with Crippen molar-refractivity contribution in [2.45, 2.75) is 40.5 Å². The first-order valence-electron chi connectivity index (χ1n) is 17.7. The van der Waals surface area contributed by atoms with Crippen molar-refractivity contribution in [3.8, 4) is 28.7 Å². The number of aromatic nitrogens is 6. The molecule has 0 unspecified atom stereocenters. The van der Waals surface area contributed by atoms with Gasteiger partial charge in [-0.15, -0.1) is 10.2 Å². The van der Waals surface area contributed by atoms with Gasteiger partial charge < -0.3 is 4.74 Å². The van der Waals surface area contributed by atoms with E-state index in [2.05, 4.69) is 127 Å². The summed E-state index contributed by atoms with van der Waals surface area (Å²) in [5.41, 5.74) is 8.57. The molecule has 7 heteroatoms. The van der Waals surface area contributed by atoms with E-state index in [0.29, 0.717) is 23.3 Å². The molecular formula is C44H38N6O. The Kier molecular flexibility index (Phi) is 7.50. The maximum Gasteiger partial charge on any atom is 0.171 e. The summed E-state index contributed by atoms with van der Waals surface area (Å²) in [6, 6.07) is 37.8. The van der Waals surface area contributed by atoms with Crippen molar-refractivity contribution in [3.05, 3.63) is 133 Å². The van der Waals surface area contributed by atoms with Crippen LogP contribution in [-0.4, -0.2) is 29.1 Å². The second-order valence-electron chi connectivity index (χ2n) is 14.2. The summed E-state index contributed by atoms with van der Waals surface area (Å²) in [4.78, 5) is 9.67. The molecule has 0 aliphatic carbocycles. The molecule has 0 radical (unpaired) electrons. The summed E-state index contributed by atoms with van der Waals surface area (Å²) in [5, 5.41) is 14.1. The first-order chi connectivity index (χ1) is 24.9. The van der Waals surface area contributed by atoms with Gasteiger partial charge in [-0.25, -0.2) is 4.98 Å². The quantitative estimate of drug-likeness (QED) is 0.151. The third-order valence-electron chi connectivity index (χ3n) is 9.64. The van der Waals surface area contributed by atoms with E-state index in [-0.39, 0.29) is 0 Å². The first-order valence-corrected chi connectivity index (χ1v) is 17.7. The van der Waals surface area contributed by atoms with E-state index >= 15 is 0 Å². The van der Waals surface area contributed by atoms with Crippen LogP contribution in [0.1, 0.15) is 38.8 Å². The van der Waals surface area contributed by atoms with Gasteiger partial charge in [0.25, 0.3) is 0 Å². The predicted octanol–water partition coefficient (Wildman–Crippen LogP) is 10.8. The highest BCUT2D eigenvalue weighted by Crippen LogP contribution is 2.38. The Hall–Kier alpha value is -6.08. The number of hydrogen-bond acceptors (Lipinski definition) is 5. The van der Waals surface area contributed by atoms with Crippen molar-refractivity contribution in [3.63, 3.8) is 0 Å². The van der Waals surface area contributed by atoms with Gasteiger partial charge in [0.15, 0.2) is 11.5 Å². The van der Waals surface area contributed by atoms with Crippen molar-refractivity contribution >= 4 is 49.3 Å². The van der Waals surface area contributed by atoms with E-state index in [1.54, 1.807) is 6.20 Å². The minimum absolute atomic E-state index is 0.503. The van der Waals surface area contributed by atoms with Crippen LogP contribution >= 0.6 is 0 Å². The monoisotopic (exact) mass is 666 g/mol. The zero-order chi connectivity index (χ0) is 34.6. The number of ether oxygens (including phenoxy) is 1. The third kappa shape index (κ3) is 5.28. The van der Waals surface area contributed by atoms with E-state index in [1.807, 2.05) is 30.5 Å². The van der Waals surface area contributed by atoms with Gasteiger partial charge in [0.2, 0.25) is 0 Å². The minimum atomic E-state index is 0.503. The molecule has 0 fully saturated rings. The molecule has 9 rings (SSSR count). The maximum absolute atomic E-state index is 6.61. The standard InChI is InChI=1S/C44H38N6O/c1-27(2)22-29-12-11-13-30(23-28(3)4)41(29)44-48-47-43-36-24-32(26-46-42(36)35-15-6-8-17-38(35)50(43)44)51-31-19-20-34-33-14-5-7-16-37(33)49(39(34)25-31)40-18-9-10-21-45-40/h5-21,24-28H,22-23H2,1-4H3. The van der Waals surface area contributed by atoms with E-state index in [0.717, 1.165) is 68.4 Å². The average molecular weight is 667 g/mol. The fourth-order valence-corrected chi connectivity index (χ4v) is 7.65. The molecule has 5 aromatic heterocycles. The summed E-state index contributed by atoms with van der Waals surface area (Å²) in [5.74, 6) is 4.07. The van der Waals surface area contributed by atoms with Crippen molar-refractivity contribution in [1.82, 2.24) is 29.1 Å². The molecule has 9 aromatic rings. The van der Waals surface area contributed by atoms with E-state index in [4.69, 9.17) is 19.9 Å². The summed E-state index contributed by atoms with van der Waals surface area (Å²) in [7, 11) is 0. The highest BCUT2D eigenvalue weighted by atomic mass is 16.5. The second kappa shape index (κ2) is 12.4. The lowest BCUT2D eigenvalue weighted by atomic mass is 9.90. The van der Waals surface area contributed by atoms with Gasteiger partial charge in [-0.05, 0) is 78.3 Å². The van der Waals surface area contributed by atoms with Crippen LogP contribution in [0.3, 0.4) is 0 Å². The van der Waals surface area contributed by atoms with E-state index < -0.39 is 0 Å². The summed E-state index contributed by atoms with van der Waals surface area (Å²) < 4.78 is 11.0. The normalized spacial score (nSPS) is 12.0. The van der Waals surface area contributed by atoms with Gasteiger partial charge in [-0.2, -0.15) is 0 Å². The van der Waals surface area contributed by atoms with Gasteiger partial charge in [0.05, 0.1) is 28.3 Å². The zero-order valence-electron chi connectivity index (χ0n) is 29.2. The second-order valence-corrected chi connectivity index (χ2v) is 14.2. The van der Waals surface area contributed by atoms with Gasteiger partial charge in [-0.3, -0.25) is 14.0 Å². The van der Waals surface area contributed by atoms with Crippen LogP contribution < -0.4 is 4.74 Å². The van der Waals surface area contributed by atoms with Crippen molar-refractivity contribution < 1.29 is 4.74 Å². The molecule has 0 aliphatic rings. The molecule has 0 saturated heterocycles. The van der Waals surface area contributed by atoms with Gasteiger partial charge >= 0.3 is 0 Å². The van der Waals surface area contributed by atoms with Crippen LogP contribution in [0.5, 0.6) is 11.5 Å². The highest BCUT2D eigenvalue weighted by molar-refractivity contribution is 6.11. The number of pyridine rings is 3. The lowest BCUT2D eigenvalue weighted by Gasteiger charge is -2.17. The molecule has 0 saturated carbocycles. The molecule has 0 bridgehead atoms. The van der Waals surface area contributed by atoms with Crippen LogP contribution in [0.4, 0.5) is 0 Å². The minimum Gasteiger partial charge on any atom is -0.456 e. The summed E-state index contributed by atoms with van der Waals surface area (Å²) >= 11 is 0. The molecule has 0 N–H and O–H groups in total. The number of hydrogen-bond donors (Lipinski definition) is 0. The largest absolute Gasteiger partial charge is 0.456 e. The molecule has 7 nitrogen and oxygen atoms in total. The predicted molar refractivity (Wildman–Crippen MR) is 207 cm³/mol. The van der Waals surface area contributed by atoms with E-state index in [9.17, 15) is 0 Å². The highest BCUT2D eigenvalue weighted by Gasteiger charge is 2.22. The fraction of sp³-hybridized carbons (Fsp3) is 0.182. The van der Waals surface area contributed by atoms with Crippen LogP contribution in [-0.2, 0) is 12.8 Å². The lowest BCUT2D eigenvalue weighted by Crippen LogP contribution is -2.05. The first kappa shape index (κ1) is 30.9. The number of nitrogens with zero attached hydrogens (tertiary/aromatic N) is 6. The molecule has 0 atom stereocenters. The van der Waals surface area contributed by atoms with Crippen LogP contribution in [0.25, 0.3) is 66.5 Å². The average Bonchev–Trinajstić information content (AvgIpc) is 3.72. The smallest absolute Gasteiger partial charge is 0.171 e. The van der Waals surface area contributed by atoms with Crippen LogP contribution in [0, 0.1) is 11.8 Å². The Balaban J connectivity index is 1.22. The molecule has 0 amide bonds. The van der Waals surface area contributed by atoms with Crippen molar-refractivity contribution in [2.24, 2.45) is 11.8 Å². The Morgan fingerprint density at radius 3 is 2.04 bits per heavy atom. The van der Waals surface area contributed by atoms with Gasteiger partial charge in [0.1, 0.15) is 17.3 Å². The number of para-hydroxylation sites is 2. The van der Waals surface area contributed by atoms with Crippen molar-refractivity contribution in [1.29, 1.82) is 0 Å². The number of rotatable bonds is 8. The summed E-state index contributed by atoms with van der Waals surface area (Å²) in [6.07, 6.45) is 5.56. The molecule has 51 heavy (non-hydrogen) atoms. The molecule has 0 aliphatic heterocycles. The molecule has 4 aromatic carbocycles.